The lowest BCUT2D eigenvalue weighted by molar-refractivity contribution is -0.124. The van der Waals surface area contributed by atoms with Crippen LogP contribution >= 0.6 is 0 Å². The number of nitrogens with two attached hydrogens (primary N) is 1. The van der Waals surface area contributed by atoms with E-state index in [-0.39, 0.29) is 18.0 Å². The van der Waals surface area contributed by atoms with Gasteiger partial charge in [-0.05, 0) is 51.3 Å². The second-order valence-corrected chi connectivity index (χ2v) is 7.35. The number of piperidine rings is 1. The number of nitrogens with zero attached hydrogens (tertiary/aromatic N) is 1. The smallest absolute Gasteiger partial charge is 0.407 e. The maximum absolute atomic E-state index is 11.7. The molecule has 0 bridgehead atoms. The van der Waals surface area contributed by atoms with E-state index < -0.39 is 0 Å². The topological polar surface area (TPSA) is 84.7 Å². The van der Waals surface area contributed by atoms with Gasteiger partial charge in [-0.1, -0.05) is 49.1 Å². The Kier molecular flexibility index (Phi) is 9.11. The third-order valence-electron chi connectivity index (χ3n) is 5.07. The van der Waals surface area contributed by atoms with Gasteiger partial charge in [0.25, 0.3) is 0 Å². The van der Waals surface area contributed by atoms with Crippen LogP contribution in [0.3, 0.4) is 0 Å². The first-order valence-corrected chi connectivity index (χ1v) is 10.1. The number of carbonyl (C=O) groups is 2. The van der Waals surface area contributed by atoms with Crippen molar-refractivity contribution in [1.82, 2.24) is 10.2 Å². The van der Waals surface area contributed by atoms with Gasteiger partial charge >= 0.3 is 6.09 Å². The van der Waals surface area contributed by atoms with E-state index in [0.29, 0.717) is 13.2 Å². The Balaban J connectivity index is 1.48. The summed E-state index contributed by atoms with van der Waals surface area (Å²) >= 11 is 0. The molecule has 0 saturated carbocycles. The van der Waals surface area contributed by atoms with Crippen LogP contribution in [-0.4, -0.2) is 42.6 Å². The number of benzene rings is 1. The highest BCUT2D eigenvalue weighted by molar-refractivity contribution is 5.79. The van der Waals surface area contributed by atoms with Crippen molar-refractivity contribution in [3.05, 3.63) is 35.4 Å². The Hall–Kier alpha value is -2.08. The molecule has 2 rings (SSSR count). The van der Waals surface area contributed by atoms with Crippen LogP contribution in [0, 0.1) is 6.92 Å². The molecule has 1 aromatic rings. The molecule has 2 amide bonds. The highest BCUT2D eigenvalue weighted by Gasteiger charge is 2.25. The van der Waals surface area contributed by atoms with Gasteiger partial charge < -0.3 is 15.8 Å². The van der Waals surface area contributed by atoms with Crippen molar-refractivity contribution in [2.75, 3.05) is 19.6 Å². The predicted molar refractivity (Wildman–Crippen MR) is 106 cm³/mol. The van der Waals surface area contributed by atoms with Crippen LogP contribution < -0.4 is 11.1 Å². The maximum Gasteiger partial charge on any atom is 0.407 e. The Morgan fingerprint density at radius 2 is 1.89 bits per heavy atom. The van der Waals surface area contributed by atoms with Crippen molar-refractivity contribution in [2.45, 2.75) is 64.5 Å². The third kappa shape index (κ3) is 7.99. The Labute approximate surface area is 162 Å². The quantitative estimate of drug-likeness (QED) is 0.615. The molecule has 0 radical (unpaired) electrons. The van der Waals surface area contributed by atoms with E-state index in [4.69, 9.17) is 10.5 Å². The van der Waals surface area contributed by atoms with Crippen LogP contribution in [0.15, 0.2) is 24.3 Å². The molecule has 1 aliphatic heterocycles. The van der Waals surface area contributed by atoms with Crippen molar-refractivity contribution in [3.63, 3.8) is 0 Å². The predicted octanol–water partition coefficient (Wildman–Crippen LogP) is 3.12. The summed E-state index contributed by atoms with van der Waals surface area (Å²) in [4.78, 5) is 25.4. The van der Waals surface area contributed by atoms with Gasteiger partial charge in [0.15, 0.2) is 0 Å². The minimum atomic E-state index is -0.367. The average molecular weight is 376 g/mol. The molecule has 1 heterocycles. The molecule has 0 aromatic heterocycles. The molecule has 1 saturated heterocycles. The SMILES string of the molecule is Cc1ccc(COC(=O)NCCCCCCN2CCCC[C@@H]2C(N)=O)cc1. The van der Waals surface area contributed by atoms with E-state index >= 15 is 0 Å². The number of unbranched alkanes of at least 4 members (excludes halogenated alkanes) is 3. The number of rotatable bonds is 10. The van der Waals surface area contributed by atoms with Gasteiger partial charge in [0, 0.05) is 6.54 Å². The fraction of sp³-hybridized carbons (Fsp3) is 0.619. The van der Waals surface area contributed by atoms with Gasteiger partial charge in [-0.2, -0.15) is 0 Å². The molecule has 0 aliphatic carbocycles. The molecular formula is C21H33N3O3. The summed E-state index contributed by atoms with van der Waals surface area (Å²) in [6.45, 7) is 4.85. The Bertz CT molecular complexity index is 589. The van der Waals surface area contributed by atoms with Gasteiger partial charge in [0.1, 0.15) is 6.61 Å². The largest absolute Gasteiger partial charge is 0.445 e. The lowest BCUT2D eigenvalue weighted by atomic mass is 10.0. The molecule has 1 aromatic carbocycles. The normalized spacial score (nSPS) is 17.4. The van der Waals surface area contributed by atoms with Crippen LogP contribution in [0.4, 0.5) is 4.79 Å². The average Bonchev–Trinajstić information content (AvgIpc) is 2.67. The highest BCUT2D eigenvalue weighted by atomic mass is 16.5. The summed E-state index contributed by atoms with van der Waals surface area (Å²) in [6.07, 6.45) is 6.89. The first kappa shape index (κ1) is 21.2. The lowest BCUT2D eigenvalue weighted by Crippen LogP contribution is -2.47. The molecule has 1 aliphatic rings. The number of nitrogens with one attached hydrogen (secondary N) is 1. The number of primary amides is 1. The zero-order valence-corrected chi connectivity index (χ0v) is 16.4. The first-order valence-electron chi connectivity index (χ1n) is 10.1. The van der Waals surface area contributed by atoms with Crippen LogP contribution in [0.5, 0.6) is 0 Å². The fourth-order valence-corrected chi connectivity index (χ4v) is 3.45. The summed E-state index contributed by atoms with van der Waals surface area (Å²) < 4.78 is 5.21. The van der Waals surface area contributed by atoms with Gasteiger partial charge in [0.2, 0.25) is 5.91 Å². The van der Waals surface area contributed by atoms with Gasteiger partial charge in [-0.15, -0.1) is 0 Å². The standard InChI is InChI=1S/C21H33N3O3/c1-17-9-11-18(12-10-17)16-27-21(26)23-13-5-2-3-6-14-24-15-7-4-8-19(24)20(22)25/h9-12,19H,2-8,13-16H2,1H3,(H2,22,25)(H,23,26)/t19-/m1/s1. The zero-order chi connectivity index (χ0) is 19.5. The minimum absolute atomic E-state index is 0.0799. The van der Waals surface area contributed by atoms with Crippen molar-refractivity contribution in [1.29, 1.82) is 0 Å². The van der Waals surface area contributed by atoms with E-state index in [2.05, 4.69) is 10.2 Å². The number of amides is 2. The first-order chi connectivity index (χ1) is 13.1. The lowest BCUT2D eigenvalue weighted by Gasteiger charge is -2.33. The van der Waals surface area contributed by atoms with Crippen LogP contribution in [0.2, 0.25) is 0 Å². The summed E-state index contributed by atoms with van der Waals surface area (Å²) in [6, 6.07) is 7.86. The Morgan fingerprint density at radius 1 is 1.15 bits per heavy atom. The van der Waals surface area contributed by atoms with Gasteiger partial charge in [0.05, 0.1) is 6.04 Å². The van der Waals surface area contributed by atoms with E-state index in [1.807, 2.05) is 31.2 Å². The Morgan fingerprint density at radius 3 is 2.63 bits per heavy atom. The fourth-order valence-electron chi connectivity index (χ4n) is 3.45. The van der Waals surface area contributed by atoms with E-state index in [9.17, 15) is 9.59 Å². The van der Waals surface area contributed by atoms with Crippen LogP contribution in [0.25, 0.3) is 0 Å². The summed E-state index contributed by atoms with van der Waals surface area (Å²) in [5.74, 6) is -0.192. The van der Waals surface area contributed by atoms with Crippen LogP contribution in [0.1, 0.15) is 56.1 Å². The number of hydrogen-bond acceptors (Lipinski definition) is 4. The summed E-state index contributed by atoms with van der Waals surface area (Å²) in [5.41, 5.74) is 7.67. The van der Waals surface area contributed by atoms with Crippen molar-refractivity contribution >= 4 is 12.0 Å². The maximum atomic E-state index is 11.7. The number of ether oxygens (including phenoxy) is 1. The molecular weight excluding hydrogens is 342 g/mol. The molecule has 6 nitrogen and oxygen atoms in total. The van der Waals surface area contributed by atoms with Crippen molar-refractivity contribution < 1.29 is 14.3 Å². The number of carbonyl (C=O) groups excluding carboxylic acids is 2. The number of likely N-dealkylation sites (tertiary alicyclic amines) is 1. The molecule has 3 N–H and O–H groups in total. The van der Waals surface area contributed by atoms with Gasteiger partial charge in [-0.25, -0.2) is 4.79 Å². The van der Waals surface area contributed by atoms with Crippen molar-refractivity contribution in [2.24, 2.45) is 5.73 Å². The monoisotopic (exact) mass is 375 g/mol. The zero-order valence-electron chi connectivity index (χ0n) is 16.4. The van der Waals surface area contributed by atoms with Gasteiger partial charge in [-0.3, -0.25) is 9.69 Å². The second kappa shape index (κ2) is 11.6. The van der Waals surface area contributed by atoms with Crippen molar-refractivity contribution in [3.8, 4) is 0 Å². The number of alkyl carbamates (subject to hydrolysis) is 1. The summed E-state index contributed by atoms with van der Waals surface area (Å²) in [7, 11) is 0. The molecule has 27 heavy (non-hydrogen) atoms. The minimum Gasteiger partial charge on any atom is -0.445 e. The second-order valence-electron chi connectivity index (χ2n) is 7.35. The molecule has 0 spiro atoms. The van der Waals surface area contributed by atoms with E-state index in [1.54, 1.807) is 0 Å². The molecule has 0 unspecified atom stereocenters. The highest BCUT2D eigenvalue weighted by Crippen LogP contribution is 2.17. The number of hydrogen-bond donors (Lipinski definition) is 2. The molecule has 1 fully saturated rings. The van der Waals surface area contributed by atoms with Crippen LogP contribution in [-0.2, 0) is 16.1 Å². The molecule has 6 heteroatoms. The molecule has 150 valence electrons. The summed E-state index contributed by atoms with van der Waals surface area (Å²) in [5, 5.41) is 2.79. The number of aryl methyl sites for hydroxylation is 1. The van der Waals surface area contributed by atoms with E-state index in [1.165, 1.54) is 5.56 Å². The van der Waals surface area contributed by atoms with E-state index in [0.717, 1.165) is 63.6 Å². The third-order valence-corrected chi connectivity index (χ3v) is 5.07. The molecule has 1 atom stereocenters.